The molecule has 1 aliphatic heterocycles. The van der Waals surface area contributed by atoms with E-state index in [1.807, 2.05) is 31.5 Å². The Bertz CT molecular complexity index is 1410. The van der Waals surface area contributed by atoms with Gasteiger partial charge in [-0.3, -0.25) is 19.3 Å². The van der Waals surface area contributed by atoms with Gasteiger partial charge >= 0.3 is 0 Å². The summed E-state index contributed by atoms with van der Waals surface area (Å²) in [5, 5.41) is 7.06. The maximum absolute atomic E-state index is 12.2. The number of ether oxygens (including phenoxy) is 1. The highest BCUT2D eigenvalue weighted by Crippen LogP contribution is 2.61. The van der Waals surface area contributed by atoms with Crippen molar-refractivity contribution < 1.29 is 14.3 Å². The number of aromatic nitrogens is 4. The number of pyridine rings is 2. The Hall–Kier alpha value is -3.60. The molecule has 10 nitrogen and oxygen atoms in total. The number of primary amides is 2. The van der Waals surface area contributed by atoms with Crippen molar-refractivity contribution in [3.8, 4) is 5.88 Å². The first-order valence-corrected chi connectivity index (χ1v) is 12.8. The summed E-state index contributed by atoms with van der Waals surface area (Å²) in [5.41, 5.74) is 14.9. The van der Waals surface area contributed by atoms with E-state index < -0.39 is 11.8 Å². The van der Waals surface area contributed by atoms with Gasteiger partial charge in [0.1, 0.15) is 22.7 Å². The molecule has 186 valence electrons. The second-order valence-corrected chi connectivity index (χ2v) is 11.0. The van der Waals surface area contributed by atoms with Crippen molar-refractivity contribution in [2.45, 2.75) is 50.1 Å². The van der Waals surface area contributed by atoms with Crippen molar-refractivity contribution in [3.63, 3.8) is 0 Å². The molecular weight excluding hydrogens is 478 g/mol. The lowest BCUT2D eigenvalue weighted by molar-refractivity contribution is -0.124. The Morgan fingerprint density at radius 1 is 1.14 bits per heavy atom. The maximum atomic E-state index is 12.2. The third-order valence-corrected chi connectivity index (χ3v) is 8.76. The van der Waals surface area contributed by atoms with E-state index in [4.69, 9.17) is 16.2 Å². The molecule has 2 aliphatic carbocycles. The number of carbonyl (C=O) groups excluding carboxylic acids is 2. The molecule has 0 saturated heterocycles. The van der Waals surface area contributed by atoms with Gasteiger partial charge in [0.15, 0.2) is 5.65 Å². The zero-order valence-electron chi connectivity index (χ0n) is 20.0. The number of amides is 2. The Kier molecular flexibility index (Phi) is 5.22. The fraction of sp³-hybridized carbons (Fsp3) is 0.400. The van der Waals surface area contributed by atoms with Crippen LogP contribution in [0.15, 0.2) is 41.7 Å². The van der Waals surface area contributed by atoms with Crippen molar-refractivity contribution in [1.29, 1.82) is 0 Å². The van der Waals surface area contributed by atoms with Crippen LogP contribution in [-0.4, -0.2) is 48.6 Å². The third kappa shape index (κ3) is 3.60. The number of hydrogen-bond acceptors (Lipinski definition) is 8. The van der Waals surface area contributed by atoms with Crippen LogP contribution in [0.2, 0.25) is 0 Å². The van der Waals surface area contributed by atoms with E-state index in [1.54, 1.807) is 34.9 Å². The molecule has 11 heteroatoms. The van der Waals surface area contributed by atoms with Gasteiger partial charge in [-0.25, -0.2) is 0 Å². The highest BCUT2D eigenvalue weighted by atomic mass is 32.2. The maximum Gasteiger partial charge on any atom is 0.265 e. The lowest BCUT2D eigenvalue weighted by Gasteiger charge is -2.60. The van der Waals surface area contributed by atoms with Crippen molar-refractivity contribution in [1.82, 2.24) is 24.6 Å². The SMILES string of the molecule is Cc1nn(C)c2nc(OC3CC4(C3)CC(N3C(C(N)=O)=CSC3c3ccncc3)C4)c(C(N)=O)cc12. The summed E-state index contributed by atoms with van der Waals surface area (Å²) >= 11 is 1.61. The molecule has 0 radical (unpaired) electrons. The number of fused-ring (bicyclic) bond motifs is 1. The lowest BCUT2D eigenvalue weighted by atomic mass is 9.52. The minimum Gasteiger partial charge on any atom is -0.474 e. The van der Waals surface area contributed by atoms with Gasteiger partial charge in [-0.1, -0.05) is 0 Å². The van der Waals surface area contributed by atoms with E-state index in [0.29, 0.717) is 11.3 Å². The fourth-order valence-corrected chi connectivity index (χ4v) is 7.16. The van der Waals surface area contributed by atoms with Crippen LogP contribution in [0.4, 0.5) is 0 Å². The largest absolute Gasteiger partial charge is 0.474 e. The highest BCUT2D eigenvalue weighted by Gasteiger charge is 2.57. The Morgan fingerprint density at radius 2 is 1.86 bits per heavy atom. The van der Waals surface area contributed by atoms with Crippen LogP contribution in [0, 0.1) is 12.3 Å². The summed E-state index contributed by atoms with van der Waals surface area (Å²) in [6, 6.07) is 5.91. The van der Waals surface area contributed by atoms with Crippen molar-refractivity contribution in [2.75, 3.05) is 0 Å². The first-order valence-electron chi connectivity index (χ1n) is 11.9. The molecule has 0 aromatic carbocycles. The molecule has 2 fully saturated rings. The fourth-order valence-electron chi connectivity index (χ4n) is 5.93. The van der Waals surface area contributed by atoms with E-state index >= 15 is 0 Å². The second-order valence-electron chi connectivity index (χ2n) is 10.0. The van der Waals surface area contributed by atoms with Gasteiger partial charge in [-0.05, 0) is 61.8 Å². The number of aryl methyl sites for hydroxylation is 2. The lowest BCUT2D eigenvalue weighted by Crippen LogP contribution is -2.59. The van der Waals surface area contributed by atoms with Gasteiger partial charge in [0, 0.05) is 36.3 Å². The number of nitrogens with two attached hydrogens (primary N) is 2. The van der Waals surface area contributed by atoms with E-state index in [-0.39, 0.29) is 34.4 Å². The summed E-state index contributed by atoms with van der Waals surface area (Å²) in [7, 11) is 1.81. The molecule has 3 aromatic heterocycles. The molecule has 2 saturated carbocycles. The summed E-state index contributed by atoms with van der Waals surface area (Å²) in [5.74, 6) is -0.707. The molecule has 36 heavy (non-hydrogen) atoms. The summed E-state index contributed by atoms with van der Waals surface area (Å²) in [6.07, 6.45) is 7.13. The topological polar surface area (TPSA) is 142 Å². The van der Waals surface area contributed by atoms with Crippen LogP contribution in [0.1, 0.15) is 52.7 Å². The molecule has 6 rings (SSSR count). The predicted octanol–water partition coefficient (Wildman–Crippen LogP) is 2.53. The molecule has 2 amide bonds. The first-order chi connectivity index (χ1) is 17.2. The van der Waals surface area contributed by atoms with Gasteiger partial charge in [0.2, 0.25) is 5.88 Å². The Morgan fingerprint density at radius 3 is 2.53 bits per heavy atom. The minimum atomic E-state index is -0.570. The Balaban J connectivity index is 1.15. The molecule has 4 N–H and O–H groups in total. The monoisotopic (exact) mass is 505 g/mol. The summed E-state index contributed by atoms with van der Waals surface area (Å²) in [4.78, 5) is 35.1. The summed E-state index contributed by atoms with van der Waals surface area (Å²) in [6.45, 7) is 1.87. The second kappa shape index (κ2) is 8.22. The van der Waals surface area contributed by atoms with Crippen molar-refractivity contribution >= 4 is 34.6 Å². The third-order valence-electron chi connectivity index (χ3n) is 7.64. The molecule has 0 bridgehead atoms. The molecular formula is C25H27N7O3S. The highest BCUT2D eigenvalue weighted by molar-refractivity contribution is 8.02. The smallest absolute Gasteiger partial charge is 0.265 e. The average Bonchev–Trinajstić information content (AvgIpc) is 3.35. The number of carbonyl (C=O) groups is 2. The minimum absolute atomic E-state index is 0.0152. The number of nitrogens with zero attached hydrogens (tertiary/aromatic N) is 5. The predicted molar refractivity (Wildman–Crippen MR) is 135 cm³/mol. The van der Waals surface area contributed by atoms with E-state index in [0.717, 1.165) is 42.3 Å². The van der Waals surface area contributed by atoms with Gasteiger partial charge in [-0.2, -0.15) is 10.1 Å². The molecule has 3 aliphatic rings. The molecule has 4 heterocycles. The molecule has 1 spiro atoms. The van der Waals surface area contributed by atoms with Crippen LogP contribution < -0.4 is 16.2 Å². The van der Waals surface area contributed by atoms with Gasteiger partial charge in [0.25, 0.3) is 11.8 Å². The average molecular weight is 506 g/mol. The van der Waals surface area contributed by atoms with Gasteiger partial charge < -0.3 is 21.1 Å². The summed E-state index contributed by atoms with van der Waals surface area (Å²) < 4.78 is 7.87. The standard InChI is InChI=1S/C25H27N7O3S/c1-13-17-7-18(20(26)33)23(29-22(17)31(2)30-13)35-16-10-25(11-16)8-15(9-25)32-19(21(27)34)12-36-24(32)14-3-5-28-6-4-14/h3-7,12,15-16,24H,8-11H2,1-2H3,(H2,26,33)(H2,27,34). The number of rotatable bonds is 6. The Labute approximate surface area is 212 Å². The molecule has 3 aromatic rings. The zero-order chi connectivity index (χ0) is 25.2. The normalized spacial score (nSPS) is 27.0. The first kappa shape index (κ1) is 22.8. The molecule has 1 atom stereocenters. The quantitative estimate of drug-likeness (QED) is 0.520. The van der Waals surface area contributed by atoms with Crippen LogP contribution >= 0.6 is 11.8 Å². The molecule has 1 unspecified atom stereocenters. The van der Waals surface area contributed by atoms with Crippen LogP contribution in [-0.2, 0) is 11.8 Å². The van der Waals surface area contributed by atoms with E-state index in [2.05, 4.69) is 20.0 Å². The van der Waals surface area contributed by atoms with Gasteiger partial charge in [0.05, 0.1) is 5.69 Å². The van der Waals surface area contributed by atoms with Crippen molar-refractivity contribution in [3.05, 3.63) is 58.5 Å². The number of thioether (sulfide) groups is 1. The van der Waals surface area contributed by atoms with Crippen molar-refractivity contribution in [2.24, 2.45) is 23.9 Å². The van der Waals surface area contributed by atoms with Crippen LogP contribution in [0.25, 0.3) is 11.0 Å². The van der Waals surface area contributed by atoms with Crippen LogP contribution in [0.5, 0.6) is 5.88 Å². The zero-order valence-corrected chi connectivity index (χ0v) is 20.9. The van der Waals surface area contributed by atoms with Gasteiger partial charge in [-0.15, -0.1) is 11.8 Å². The number of hydrogen-bond donors (Lipinski definition) is 2. The van der Waals surface area contributed by atoms with E-state index in [1.165, 1.54) is 0 Å². The van der Waals surface area contributed by atoms with Crippen LogP contribution in [0.3, 0.4) is 0 Å². The van der Waals surface area contributed by atoms with E-state index in [9.17, 15) is 9.59 Å².